The van der Waals surface area contributed by atoms with Crippen molar-refractivity contribution in [2.24, 2.45) is 16.8 Å². The van der Waals surface area contributed by atoms with E-state index in [4.69, 9.17) is 4.74 Å². The van der Waals surface area contributed by atoms with Gasteiger partial charge in [0.2, 0.25) is 0 Å². The molecule has 5 nitrogen and oxygen atoms in total. The highest BCUT2D eigenvalue weighted by Gasteiger charge is 2.36. The number of hydrogen-bond acceptors (Lipinski definition) is 3. The molecule has 0 spiro atoms. The molecule has 9 heteroatoms. The molecule has 29 heavy (non-hydrogen) atoms. The quantitative estimate of drug-likeness (QED) is 0.217. The summed E-state index contributed by atoms with van der Waals surface area (Å²) in [7, 11) is 1.38. The van der Waals surface area contributed by atoms with Crippen molar-refractivity contribution in [1.29, 1.82) is 0 Å². The topological polar surface area (TPSA) is 53.9 Å². The van der Waals surface area contributed by atoms with Crippen LogP contribution in [-0.2, 0) is 15.7 Å². The van der Waals surface area contributed by atoms with E-state index in [1.54, 1.807) is 0 Å². The van der Waals surface area contributed by atoms with Crippen molar-refractivity contribution in [2.45, 2.75) is 20.0 Å². The maximum absolute atomic E-state index is 12.7. The number of carbonyl (C=O) groups excluding carboxylic acids is 1. The third-order valence-corrected chi connectivity index (χ3v) is 4.48. The molecule has 1 aliphatic heterocycles. The van der Waals surface area contributed by atoms with Crippen molar-refractivity contribution in [3.05, 3.63) is 35.4 Å². The highest BCUT2D eigenvalue weighted by atomic mass is 127. The van der Waals surface area contributed by atoms with Crippen LogP contribution in [0.1, 0.15) is 25.0 Å². The maximum Gasteiger partial charge on any atom is 0.416 e. The molecule has 1 fully saturated rings. The highest BCUT2D eigenvalue weighted by molar-refractivity contribution is 14.0. The molecule has 0 amide bonds. The van der Waals surface area contributed by atoms with Crippen molar-refractivity contribution in [2.75, 3.05) is 33.3 Å². The van der Waals surface area contributed by atoms with Gasteiger partial charge in [0.05, 0.1) is 18.6 Å². The number of guanidine groups is 1. The van der Waals surface area contributed by atoms with Gasteiger partial charge in [-0.1, -0.05) is 24.8 Å². The van der Waals surface area contributed by atoms with E-state index >= 15 is 0 Å². The minimum absolute atomic E-state index is 0. The number of methoxy groups -OCH3 is 1. The summed E-state index contributed by atoms with van der Waals surface area (Å²) in [6.45, 7) is 5.85. The van der Waals surface area contributed by atoms with Crippen molar-refractivity contribution in [1.82, 2.24) is 10.2 Å². The van der Waals surface area contributed by atoms with Crippen molar-refractivity contribution in [3.8, 4) is 11.8 Å². The molecule has 0 radical (unpaired) electrons. The summed E-state index contributed by atoms with van der Waals surface area (Å²) < 4.78 is 43.1. The predicted octanol–water partition coefficient (Wildman–Crippen LogP) is 3.38. The molecule has 0 bridgehead atoms. The first-order chi connectivity index (χ1) is 13.3. The fraction of sp³-hybridized carbons (Fsp3) is 0.500. The van der Waals surface area contributed by atoms with Crippen LogP contribution in [0, 0.1) is 23.7 Å². The average Bonchev–Trinajstić information content (AvgIpc) is 3.04. The number of esters is 1. The number of carbonyl (C=O) groups is 1. The Bertz CT molecular complexity index is 787. The molecule has 2 unspecified atom stereocenters. The van der Waals surface area contributed by atoms with Gasteiger partial charge in [0.25, 0.3) is 0 Å². The van der Waals surface area contributed by atoms with Gasteiger partial charge in [0.15, 0.2) is 5.96 Å². The number of nitrogens with zero attached hydrogens (tertiary/aromatic N) is 2. The van der Waals surface area contributed by atoms with Crippen LogP contribution < -0.4 is 5.32 Å². The summed E-state index contributed by atoms with van der Waals surface area (Å²) in [6.07, 6.45) is -4.39. The summed E-state index contributed by atoms with van der Waals surface area (Å²) in [5.41, 5.74) is -0.438. The monoisotopic (exact) mass is 523 g/mol. The van der Waals surface area contributed by atoms with Crippen LogP contribution in [0.2, 0.25) is 0 Å². The van der Waals surface area contributed by atoms with Gasteiger partial charge >= 0.3 is 12.1 Å². The lowest BCUT2D eigenvalue weighted by Gasteiger charge is -2.21. The number of alkyl halides is 3. The molecule has 1 N–H and O–H groups in total. The second-order valence-corrected chi connectivity index (χ2v) is 6.56. The number of benzene rings is 1. The van der Waals surface area contributed by atoms with E-state index in [0.29, 0.717) is 25.6 Å². The number of ether oxygens (including phenoxy) is 1. The van der Waals surface area contributed by atoms with Gasteiger partial charge in [-0.15, -0.1) is 24.0 Å². The van der Waals surface area contributed by atoms with E-state index in [1.807, 2.05) is 18.7 Å². The number of aliphatic imine (C=N–C) groups is 1. The fourth-order valence-corrected chi connectivity index (χ4v) is 3.05. The average molecular weight is 523 g/mol. The minimum atomic E-state index is -4.39. The molecule has 2 rings (SSSR count). The molecular weight excluding hydrogens is 498 g/mol. The zero-order chi connectivity index (χ0) is 20.7. The minimum Gasteiger partial charge on any atom is -0.469 e. The molecular formula is C20H25F3IN3O2. The molecule has 1 heterocycles. The molecule has 1 aromatic rings. The normalized spacial score (nSPS) is 19.1. The van der Waals surface area contributed by atoms with E-state index < -0.39 is 11.7 Å². The van der Waals surface area contributed by atoms with Crippen LogP contribution in [0.4, 0.5) is 13.2 Å². The molecule has 0 aliphatic carbocycles. The third kappa shape index (κ3) is 7.10. The molecule has 2 atom stereocenters. The molecule has 1 aromatic carbocycles. The van der Waals surface area contributed by atoms with Crippen molar-refractivity contribution >= 4 is 35.9 Å². The number of rotatable bonds is 3. The van der Waals surface area contributed by atoms with Crippen LogP contribution in [0.3, 0.4) is 0 Å². The van der Waals surface area contributed by atoms with Gasteiger partial charge < -0.3 is 15.0 Å². The number of hydrogen-bond donors (Lipinski definition) is 1. The van der Waals surface area contributed by atoms with Gasteiger partial charge in [-0.05, 0) is 31.0 Å². The van der Waals surface area contributed by atoms with Gasteiger partial charge in [-0.2, -0.15) is 13.2 Å². The van der Waals surface area contributed by atoms with Crippen LogP contribution in [0.15, 0.2) is 29.3 Å². The highest BCUT2D eigenvalue weighted by Crippen LogP contribution is 2.29. The molecule has 0 aromatic heterocycles. The maximum atomic E-state index is 12.7. The smallest absolute Gasteiger partial charge is 0.416 e. The second kappa shape index (κ2) is 11.3. The Kier molecular flexibility index (Phi) is 9.76. The summed E-state index contributed by atoms with van der Waals surface area (Å²) in [6, 6.07) is 4.89. The van der Waals surface area contributed by atoms with E-state index in [0.717, 1.165) is 12.1 Å². The van der Waals surface area contributed by atoms with Gasteiger partial charge in [0, 0.05) is 25.2 Å². The van der Waals surface area contributed by atoms with Crippen molar-refractivity contribution < 1.29 is 22.7 Å². The first kappa shape index (κ1) is 25.1. The van der Waals surface area contributed by atoms with E-state index in [9.17, 15) is 18.0 Å². The number of likely N-dealkylation sites (tertiary alicyclic amines) is 1. The SMILES string of the molecule is CCNC(=NCC#Cc1cccc(C(F)(F)F)c1)N1CC(C)C(C(=O)OC)C1.I. The van der Waals surface area contributed by atoms with Crippen LogP contribution in [-0.4, -0.2) is 50.1 Å². The van der Waals surface area contributed by atoms with Gasteiger partial charge in [-0.25, -0.2) is 4.99 Å². The lowest BCUT2D eigenvalue weighted by molar-refractivity contribution is -0.146. The van der Waals surface area contributed by atoms with E-state index in [2.05, 4.69) is 22.2 Å². The van der Waals surface area contributed by atoms with E-state index in [-0.39, 0.29) is 53.9 Å². The summed E-state index contributed by atoms with van der Waals surface area (Å²) in [4.78, 5) is 18.2. The molecule has 1 saturated heterocycles. The number of nitrogens with one attached hydrogen (secondary N) is 1. The van der Waals surface area contributed by atoms with E-state index in [1.165, 1.54) is 19.2 Å². The van der Waals surface area contributed by atoms with Crippen LogP contribution >= 0.6 is 24.0 Å². The third-order valence-electron chi connectivity index (χ3n) is 4.48. The number of halogens is 4. The first-order valence-electron chi connectivity index (χ1n) is 9.03. The molecule has 160 valence electrons. The fourth-order valence-electron chi connectivity index (χ4n) is 3.05. The lowest BCUT2D eigenvalue weighted by atomic mass is 9.99. The van der Waals surface area contributed by atoms with Crippen molar-refractivity contribution in [3.63, 3.8) is 0 Å². The molecule has 0 saturated carbocycles. The van der Waals surface area contributed by atoms with Crippen LogP contribution in [0.25, 0.3) is 0 Å². The summed E-state index contributed by atoms with van der Waals surface area (Å²) in [5.74, 6) is 5.80. The Hall–Kier alpha value is -1.96. The standard InChI is InChI=1S/C20H24F3N3O2.HI/c1-4-24-19(26-12-14(2)17(13-26)18(27)28-3)25-10-6-8-15-7-5-9-16(11-15)20(21,22)23;/h5,7,9,11,14,17H,4,10,12-13H2,1-3H3,(H,24,25);1H. The molecule has 1 aliphatic rings. The Morgan fingerprint density at radius 3 is 2.72 bits per heavy atom. The zero-order valence-corrected chi connectivity index (χ0v) is 18.9. The van der Waals surface area contributed by atoms with Gasteiger partial charge in [0.1, 0.15) is 6.54 Å². The lowest BCUT2D eigenvalue weighted by Crippen LogP contribution is -2.40. The largest absolute Gasteiger partial charge is 0.469 e. The zero-order valence-electron chi connectivity index (χ0n) is 16.5. The summed E-state index contributed by atoms with van der Waals surface area (Å²) >= 11 is 0. The van der Waals surface area contributed by atoms with Gasteiger partial charge in [-0.3, -0.25) is 4.79 Å². The van der Waals surface area contributed by atoms with Crippen LogP contribution in [0.5, 0.6) is 0 Å². The Labute approximate surface area is 186 Å². The summed E-state index contributed by atoms with van der Waals surface area (Å²) in [5, 5.41) is 3.16. The second-order valence-electron chi connectivity index (χ2n) is 6.56. The Morgan fingerprint density at radius 1 is 1.38 bits per heavy atom. The Balaban J connectivity index is 0.00000420. The Morgan fingerprint density at radius 2 is 2.10 bits per heavy atom. The first-order valence-corrected chi connectivity index (χ1v) is 9.03. The predicted molar refractivity (Wildman–Crippen MR) is 116 cm³/mol.